The van der Waals surface area contributed by atoms with Gasteiger partial charge in [0.25, 0.3) is 5.91 Å². The second-order valence-electron chi connectivity index (χ2n) is 6.36. The van der Waals surface area contributed by atoms with E-state index in [9.17, 15) is 18.0 Å². The maximum Gasteiger partial charge on any atom is 0.416 e. The third-order valence-electron chi connectivity index (χ3n) is 4.44. The van der Waals surface area contributed by atoms with E-state index in [0.717, 1.165) is 55.6 Å². The molecule has 1 saturated heterocycles. The van der Waals surface area contributed by atoms with Crippen LogP contribution < -0.4 is 16.0 Å². The number of anilines is 1. The van der Waals surface area contributed by atoms with Gasteiger partial charge in [-0.15, -0.1) is 35.3 Å². The van der Waals surface area contributed by atoms with Crippen LogP contribution >= 0.6 is 35.3 Å². The summed E-state index contributed by atoms with van der Waals surface area (Å²) in [5.41, 5.74) is 5.39. The van der Waals surface area contributed by atoms with Crippen molar-refractivity contribution in [2.45, 2.75) is 6.18 Å². The number of amides is 1. The minimum atomic E-state index is -4.42. The number of carbonyl (C=O) groups excluding carboxylic acids is 1. The van der Waals surface area contributed by atoms with Crippen molar-refractivity contribution in [3.8, 4) is 0 Å². The average molecular weight is 554 g/mol. The lowest BCUT2D eigenvalue weighted by molar-refractivity contribution is -0.137. The van der Waals surface area contributed by atoms with Gasteiger partial charge in [0.1, 0.15) is 0 Å². The molecule has 0 saturated carbocycles. The molecule has 2 aromatic rings. The van der Waals surface area contributed by atoms with Gasteiger partial charge in [-0.05, 0) is 24.3 Å². The van der Waals surface area contributed by atoms with Crippen molar-refractivity contribution in [2.75, 3.05) is 44.2 Å². The van der Waals surface area contributed by atoms with Gasteiger partial charge in [-0.1, -0.05) is 0 Å². The highest BCUT2D eigenvalue weighted by Crippen LogP contribution is 2.29. The van der Waals surface area contributed by atoms with Crippen LogP contribution in [0.3, 0.4) is 0 Å². The fourth-order valence-electron chi connectivity index (χ4n) is 2.85. The van der Waals surface area contributed by atoms with Crippen LogP contribution in [-0.4, -0.2) is 61.0 Å². The number of nitrogens with two attached hydrogens (primary N) is 1. The zero-order valence-corrected chi connectivity index (χ0v) is 19.1. The number of guanidine groups is 1. The molecule has 0 atom stereocenters. The Bertz CT molecular complexity index is 837. The topological polar surface area (TPSA) is 86.8 Å². The van der Waals surface area contributed by atoms with E-state index in [-0.39, 0.29) is 42.6 Å². The van der Waals surface area contributed by atoms with Crippen LogP contribution in [0.4, 0.5) is 18.3 Å². The monoisotopic (exact) mass is 554 g/mol. The van der Waals surface area contributed by atoms with Gasteiger partial charge in [0.15, 0.2) is 11.1 Å². The molecule has 0 bridgehead atoms. The van der Waals surface area contributed by atoms with Crippen LogP contribution in [0.25, 0.3) is 0 Å². The molecule has 1 aliphatic heterocycles. The van der Waals surface area contributed by atoms with E-state index >= 15 is 0 Å². The normalized spacial score (nSPS) is 15.0. The number of benzene rings is 1. The number of aromatic nitrogens is 1. The van der Waals surface area contributed by atoms with E-state index in [1.165, 1.54) is 0 Å². The molecule has 30 heavy (non-hydrogen) atoms. The number of alkyl halides is 3. The number of nitrogens with zero attached hydrogens (tertiary/aromatic N) is 4. The third kappa shape index (κ3) is 6.45. The molecule has 1 fully saturated rings. The van der Waals surface area contributed by atoms with Crippen molar-refractivity contribution >= 4 is 52.3 Å². The third-order valence-corrected chi connectivity index (χ3v) is 5.27. The fourth-order valence-corrected chi connectivity index (χ4v) is 3.55. The van der Waals surface area contributed by atoms with E-state index < -0.39 is 17.6 Å². The van der Waals surface area contributed by atoms with Gasteiger partial charge in [0.05, 0.1) is 12.1 Å². The number of aliphatic imine (C=N–C) groups is 1. The maximum atomic E-state index is 12.6. The van der Waals surface area contributed by atoms with Gasteiger partial charge in [-0.25, -0.2) is 4.98 Å². The van der Waals surface area contributed by atoms with Crippen molar-refractivity contribution in [3.63, 3.8) is 0 Å². The first-order valence-electron chi connectivity index (χ1n) is 8.99. The molecule has 0 radical (unpaired) electrons. The van der Waals surface area contributed by atoms with E-state index in [2.05, 4.69) is 20.2 Å². The Morgan fingerprint density at radius 3 is 2.43 bits per heavy atom. The number of halogens is 4. The summed E-state index contributed by atoms with van der Waals surface area (Å²) in [7, 11) is 0. The molecule has 164 valence electrons. The molecule has 7 nitrogen and oxygen atoms in total. The van der Waals surface area contributed by atoms with Crippen LogP contribution in [0.5, 0.6) is 0 Å². The highest BCUT2D eigenvalue weighted by Gasteiger charge is 2.30. The number of carbonyl (C=O) groups is 1. The van der Waals surface area contributed by atoms with Crippen LogP contribution in [0.1, 0.15) is 15.9 Å². The van der Waals surface area contributed by atoms with Crippen LogP contribution in [0.2, 0.25) is 0 Å². The first-order valence-corrected chi connectivity index (χ1v) is 9.87. The second kappa shape index (κ2) is 10.8. The quantitative estimate of drug-likeness (QED) is 0.257. The predicted octanol–water partition coefficient (Wildman–Crippen LogP) is 2.65. The Hall–Kier alpha value is -2.09. The summed E-state index contributed by atoms with van der Waals surface area (Å²) in [6.45, 7) is 3.58. The first kappa shape index (κ1) is 24.2. The van der Waals surface area contributed by atoms with Gasteiger partial charge in [-0.2, -0.15) is 13.2 Å². The smallest absolute Gasteiger partial charge is 0.370 e. The SMILES string of the molecule is I.NC(=NCCNC(=O)c1ccc(C(F)(F)F)cc1)N1CCN(c2nccs2)CC1. The largest absolute Gasteiger partial charge is 0.416 e. The van der Waals surface area contributed by atoms with Crippen LogP contribution in [-0.2, 0) is 6.18 Å². The fraction of sp³-hybridized carbons (Fsp3) is 0.389. The number of rotatable bonds is 5. The predicted molar refractivity (Wildman–Crippen MR) is 122 cm³/mol. The number of hydrogen-bond donors (Lipinski definition) is 2. The Morgan fingerprint density at radius 2 is 1.87 bits per heavy atom. The number of hydrogen-bond acceptors (Lipinski definition) is 5. The maximum absolute atomic E-state index is 12.6. The first-order chi connectivity index (χ1) is 13.8. The highest BCUT2D eigenvalue weighted by atomic mass is 127. The van der Waals surface area contributed by atoms with Gasteiger partial charge < -0.3 is 20.9 Å². The number of thiazole rings is 1. The molecule has 1 aromatic carbocycles. The van der Waals surface area contributed by atoms with Gasteiger partial charge in [-0.3, -0.25) is 9.79 Å². The Morgan fingerprint density at radius 1 is 1.20 bits per heavy atom. The molecule has 3 N–H and O–H groups in total. The summed E-state index contributed by atoms with van der Waals surface area (Å²) < 4.78 is 37.7. The minimum Gasteiger partial charge on any atom is -0.370 e. The molecule has 0 aliphatic carbocycles. The molecule has 2 heterocycles. The molecule has 3 rings (SSSR count). The Kier molecular flexibility index (Phi) is 8.70. The molecule has 1 aliphatic rings. The molecule has 1 aromatic heterocycles. The van der Waals surface area contributed by atoms with Crippen molar-refractivity contribution in [1.29, 1.82) is 0 Å². The van der Waals surface area contributed by atoms with E-state index in [4.69, 9.17) is 5.73 Å². The van der Waals surface area contributed by atoms with Crippen LogP contribution in [0, 0.1) is 0 Å². The van der Waals surface area contributed by atoms with Gasteiger partial charge in [0.2, 0.25) is 0 Å². The summed E-state index contributed by atoms with van der Waals surface area (Å²) in [6.07, 6.45) is -2.64. The summed E-state index contributed by atoms with van der Waals surface area (Å²) in [5, 5.41) is 5.56. The summed E-state index contributed by atoms with van der Waals surface area (Å²) in [6, 6.07) is 4.07. The minimum absolute atomic E-state index is 0. The van der Waals surface area contributed by atoms with Gasteiger partial charge in [0, 0.05) is 49.9 Å². The van der Waals surface area contributed by atoms with Gasteiger partial charge >= 0.3 is 6.18 Å². The Labute approximate surface area is 193 Å². The van der Waals surface area contributed by atoms with Crippen LogP contribution in [0.15, 0.2) is 40.8 Å². The van der Waals surface area contributed by atoms with E-state index in [1.54, 1.807) is 17.5 Å². The van der Waals surface area contributed by atoms with Crippen molar-refractivity contribution in [3.05, 3.63) is 47.0 Å². The summed E-state index contributed by atoms with van der Waals surface area (Å²) >= 11 is 1.60. The number of piperazine rings is 1. The second-order valence-corrected chi connectivity index (χ2v) is 7.23. The molecule has 0 spiro atoms. The summed E-state index contributed by atoms with van der Waals surface area (Å²) in [5.74, 6) is -0.0443. The van der Waals surface area contributed by atoms with E-state index in [0.29, 0.717) is 5.96 Å². The lowest BCUT2D eigenvalue weighted by atomic mass is 10.1. The standard InChI is InChI=1S/C18H21F3N6OS.HI/c19-18(20,21)14-3-1-13(2-4-14)15(28)23-5-6-24-16(22)26-8-10-27(11-9-26)17-25-7-12-29-17;/h1-4,7,12H,5-6,8-11H2,(H2,22,24)(H,23,28);1H. The molecular formula is C18H22F3IN6OS. The molecule has 1 amide bonds. The van der Waals surface area contributed by atoms with Crippen molar-refractivity contribution in [2.24, 2.45) is 10.7 Å². The zero-order chi connectivity index (χ0) is 20.9. The van der Waals surface area contributed by atoms with Crippen molar-refractivity contribution in [1.82, 2.24) is 15.2 Å². The van der Waals surface area contributed by atoms with E-state index in [1.807, 2.05) is 10.3 Å². The van der Waals surface area contributed by atoms with Crippen molar-refractivity contribution < 1.29 is 18.0 Å². The molecule has 0 unspecified atom stereocenters. The lowest BCUT2D eigenvalue weighted by Gasteiger charge is -2.35. The lowest BCUT2D eigenvalue weighted by Crippen LogP contribution is -2.51. The summed E-state index contributed by atoms with van der Waals surface area (Å²) in [4.78, 5) is 24.7. The zero-order valence-electron chi connectivity index (χ0n) is 15.9. The number of nitrogens with one attached hydrogen (secondary N) is 1. The molecule has 12 heteroatoms. The Balaban J connectivity index is 0.00000320. The molecular weight excluding hydrogens is 532 g/mol. The average Bonchev–Trinajstić information content (AvgIpc) is 3.25. The highest BCUT2D eigenvalue weighted by molar-refractivity contribution is 14.0.